The molecule has 0 radical (unpaired) electrons. The summed E-state index contributed by atoms with van der Waals surface area (Å²) in [5, 5.41) is 2.07. The van der Waals surface area contributed by atoms with E-state index in [1.54, 1.807) is 0 Å². The van der Waals surface area contributed by atoms with Gasteiger partial charge in [-0.3, -0.25) is 0 Å². The summed E-state index contributed by atoms with van der Waals surface area (Å²) >= 11 is 0. The fourth-order valence-electron chi connectivity index (χ4n) is 12.6. The number of anilines is 3. The molecule has 3 aliphatic rings. The van der Waals surface area contributed by atoms with E-state index in [0.717, 1.165) is 89.1 Å². The fraction of sp³-hybridized carbons (Fsp3) is 0.118. The van der Waals surface area contributed by atoms with Crippen molar-refractivity contribution in [3.63, 3.8) is 0 Å². The predicted octanol–water partition coefficient (Wildman–Crippen LogP) is 18.3. The number of nitrogens with zero attached hydrogens (tertiary/aromatic N) is 1. The molecule has 0 aliphatic heterocycles. The van der Waals surface area contributed by atoms with Crippen LogP contribution in [0.4, 0.5) is 17.1 Å². The first-order valence-electron chi connectivity index (χ1n) is 26.0. The standard InChI is InChI=1S/C68H51NO/c1-66(2)58-24-10-6-16-50(58)54-38-36-46(40-62(54)66)69(47-37-39-55-51-17-7-11-25-59(51)67(3,4)63(55)41-47)45-34-30-43(31-35-45)49-21-15-23-57-56-22-14-20-48(64(56)70-65(49)57)42-28-32-44(33-29-42)68(5)60-26-12-8-18-52(60)53-19-9-13-27-61(53)68/h6-41H,1-5H3/i5D3. The number of furan rings is 1. The first kappa shape index (κ1) is 37.7. The Morgan fingerprint density at radius 2 is 0.714 bits per heavy atom. The van der Waals surface area contributed by atoms with Crippen molar-refractivity contribution in [1.82, 2.24) is 0 Å². The maximum Gasteiger partial charge on any atom is 0.143 e. The number of hydrogen-bond acceptors (Lipinski definition) is 2. The van der Waals surface area contributed by atoms with Gasteiger partial charge in [0.15, 0.2) is 0 Å². The minimum absolute atomic E-state index is 0.147. The lowest BCUT2D eigenvalue weighted by molar-refractivity contribution is 0.660. The molecule has 0 unspecified atom stereocenters. The predicted molar refractivity (Wildman–Crippen MR) is 292 cm³/mol. The molecule has 10 aromatic carbocycles. The molecule has 3 aliphatic carbocycles. The van der Waals surface area contributed by atoms with E-state index in [-0.39, 0.29) is 10.8 Å². The van der Waals surface area contributed by atoms with Crippen molar-refractivity contribution in [1.29, 1.82) is 0 Å². The summed E-state index contributed by atoms with van der Waals surface area (Å²) in [6.45, 7) is 7.04. The number of fused-ring (bicyclic) bond motifs is 12. The second kappa shape index (κ2) is 14.7. The van der Waals surface area contributed by atoms with Gasteiger partial charge in [0.1, 0.15) is 11.2 Å². The molecular formula is C68H51NO. The lowest BCUT2D eigenvalue weighted by Gasteiger charge is -2.30. The summed E-state index contributed by atoms with van der Waals surface area (Å²) < 4.78 is 34.3. The molecule has 334 valence electrons. The Morgan fingerprint density at radius 1 is 0.343 bits per heavy atom. The van der Waals surface area contributed by atoms with Crippen LogP contribution in [-0.2, 0) is 16.2 Å². The molecule has 0 N–H and O–H groups in total. The van der Waals surface area contributed by atoms with Crippen LogP contribution in [0.3, 0.4) is 0 Å². The second-order valence-electron chi connectivity index (χ2n) is 20.6. The summed E-state index contributed by atoms with van der Waals surface area (Å²) in [4.78, 5) is 2.42. The molecule has 70 heavy (non-hydrogen) atoms. The van der Waals surface area contributed by atoms with Gasteiger partial charge in [-0.2, -0.15) is 0 Å². The molecule has 2 nitrogen and oxygen atoms in total. The first-order valence-corrected chi connectivity index (χ1v) is 24.5. The normalized spacial score (nSPS) is 15.8. The monoisotopic (exact) mass is 900 g/mol. The van der Waals surface area contributed by atoms with E-state index < -0.39 is 12.3 Å². The quantitative estimate of drug-likeness (QED) is 0.165. The van der Waals surface area contributed by atoms with Crippen LogP contribution >= 0.6 is 0 Å². The molecule has 14 rings (SSSR count). The molecule has 1 heterocycles. The maximum absolute atomic E-state index is 9.10. The first-order chi connectivity index (χ1) is 35.4. The average molecular weight is 901 g/mol. The van der Waals surface area contributed by atoms with Crippen LogP contribution < -0.4 is 4.90 Å². The second-order valence-corrected chi connectivity index (χ2v) is 20.6. The zero-order chi connectivity index (χ0) is 49.6. The topological polar surface area (TPSA) is 16.4 Å². The van der Waals surface area contributed by atoms with E-state index in [9.17, 15) is 0 Å². The van der Waals surface area contributed by atoms with Gasteiger partial charge >= 0.3 is 0 Å². The highest BCUT2D eigenvalue weighted by Gasteiger charge is 2.41. The van der Waals surface area contributed by atoms with Gasteiger partial charge in [-0.05, 0) is 127 Å². The van der Waals surface area contributed by atoms with E-state index in [2.05, 4.69) is 190 Å². The van der Waals surface area contributed by atoms with Gasteiger partial charge in [0.2, 0.25) is 0 Å². The van der Waals surface area contributed by atoms with Crippen LogP contribution in [0.2, 0.25) is 0 Å². The van der Waals surface area contributed by atoms with Crippen LogP contribution in [0.1, 0.15) is 77.6 Å². The minimum atomic E-state index is -2.35. The Kier molecular flexibility index (Phi) is 7.90. The molecule has 11 aromatic rings. The lowest BCUT2D eigenvalue weighted by atomic mass is 9.74. The van der Waals surface area contributed by atoms with Crippen molar-refractivity contribution in [3.05, 3.63) is 257 Å². The molecule has 0 saturated heterocycles. The lowest BCUT2D eigenvalue weighted by Crippen LogP contribution is -2.22. The van der Waals surface area contributed by atoms with Gasteiger partial charge in [-0.15, -0.1) is 0 Å². The number of hydrogen-bond donors (Lipinski definition) is 0. The van der Waals surface area contributed by atoms with E-state index in [4.69, 9.17) is 8.53 Å². The van der Waals surface area contributed by atoms with Gasteiger partial charge in [-0.1, -0.05) is 210 Å². The molecule has 0 atom stereocenters. The summed E-state index contributed by atoms with van der Waals surface area (Å²) in [5.74, 6) is 0. The highest BCUT2D eigenvalue weighted by molar-refractivity contribution is 6.13. The van der Waals surface area contributed by atoms with Crippen molar-refractivity contribution >= 4 is 39.0 Å². The van der Waals surface area contributed by atoms with Gasteiger partial charge in [-0.25, -0.2) is 0 Å². The molecule has 0 bridgehead atoms. The van der Waals surface area contributed by atoms with E-state index >= 15 is 0 Å². The summed E-state index contributed by atoms with van der Waals surface area (Å²) in [7, 11) is 0. The minimum Gasteiger partial charge on any atom is -0.455 e. The van der Waals surface area contributed by atoms with Crippen molar-refractivity contribution in [3.8, 4) is 55.6 Å². The smallest absolute Gasteiger partial charge is 0.143 e. The zero-order valence-corrected chi connectivity index (χ0v) is 39.6. The highest BCUT2D eigenvalue weighted by Crippen LogP contribution is 2.55. The molecular weight excluding hydrogens is 847 g/mol. The molecule has 0 saturated carbocycles. The Hall–Kier alpha value is -8.20. The van der Waals surface area contributed by atoms with E-state index in [1.807, 2.05) is 60.7 Å². The summed E-state index contributed by atoms with van der Waals surface area (Å²) in [5.41, 5.74) is 22.2. The average Bonchev–Trinajstić information content (AvgIpc) is 4.09. The number of rotatable bonds is 6. The fourth-order valence-corrected chi connectivity index (χ4v) is 12.6. The van der Waals surface area contributed by atoms with Gasteiger partial charge in [0.05, 0.1) is 0 Å². The third-order valence-corrected chi connectivity index (χ3v) is 16.2. The Labute approximate surface area is 414 Å². The zero-order valence-electron chi connectivity index (χ0n) is 42.6. The van der Waals surface area contributed by atoms with Crippen molar-refractivity contribution in [2.75, 3.05) is 4.90 Å². The molecule has 2 heteroatoms. The van der Waals surface area contributed by atoms with E-state index in [1.165, 1.54) is 44.5 Å². The summed E-state index contributed by atoms with van der Waals surface area (Å²) in [6.07, 6.45) is 0. The van der Waals surface area contributed by atoms with Crippen LogP contribution in [-0.4, -0.2) is 0 Å². The largest absolute Gasteiger partial charge is 0.455 e. The van der Waals surface area contributed by atoms with Gasteiger partial charge in [0.25, 0.3) is 0 Å². The van der Waals surface area contributed by atoms with Crippen molar-refractivity contribution < 1.29 is 8.53 Å². The van der Waals surface area contributed by atoms with Crippen LogP contribution in [0.25, 0.3) is 77.6 Å². The van der Waals surface area contributed by atoms with Crippen LogP contribution in [0.15, 0.2) is 223 Å². The maximum atomic E-state index is 9.10. The third-order valence-electron chi connectivity index (χ3n) is 16.2. The Bertz CT molecular complexity index is 3930. The SMILES string of the molecule is [2H]C([2H])([2H])C1(c2ccc(-c3cccc4c3oc3c(-c5ccc(N(c6ccc7c(c6)C(C)(C)c6ccccc6-7)c6ccc7c(c6)C(C)(C)c6ccccc6-7)cc5)cccc34)cc2)c2ccccc2-c2ccccc21. The molecule has 0 amide bonds. The molecule has 1 aromatic heterocycles. The van der Waals surface area contributed by atoms with Crippen LogP contribution in [0, 0.1) is 0 Å². The third kappa shape index (κ3) is 5.62. The molecule has 0 fully saturated rings. The number of benzene rings is 10. The van der Waals surface area contributed by atoms with Crippen molar-refractivity contribution in [2.45, 2.75) is 50.8 Å². The van der Waals surface area contributed by atoms with Gasteiger partial charge in [0, 0.05) is 59.3 Å². The number of para-hydroxylation sites is 2. The Balaban J connectivity index is 0.859. The highest BCUT2D eigenvalue weighted by atomic mass is 16.3. The molecule has 0 spiro atoms. The van der Waals surface area contributed by atoms with Gasteiger partial charge < -0.3 is 9.32 Å². The van der Waals surface area contributed by atoms with Crippen molar-refractivity contribution in [2.24, 2.45) is 0 Å². The Morgan fingerprint density at radius 3 is 1.17 bits per heavy atom. The van der Waals surface area contributed by atoms with Crippen LogP contribution in [0.5, 0.6) is 0 Å². The van der Waals surface area contributed by atoms with E-state index in [0.29, 0.717) is 0 Å². The summed E-state index contributed by atoms with van der Waals surface area (Å²) in [6, 6.07) is 77.4.